The van der Waals surface area contributed by atoms with Gasteiger partial charge in [-0.25, -0.2) is 4.98 Å². The summed E-state index contributed by atoms with van der Waals surface area (Å²) in [5, 5.41) is 0.672. The van der Waals surface area contributed by atoms with Gasteiger partial charge in [0.25, 0.3) is 0 Å². The number of hydrogen-bond donors (Lipinski definition) is 0. The van der Waals surface area contributed by atoms with Crippen LogP contribution in [-0.2, 0) is 0 Å². The molecule has 1 fully saturated rings. The topological polar surface area (TPSA) is 16.1 Å². The molecule has 2 rings (SSSR count). The van der Waals surface area contributed by atoms with E-state index in [2.05, 4.69) is 22.9 Å². The van der Waals surface area contributed by atoms with Crippen molar-refractivity contribution >= 4 is 11.6 Å². The van der Waals surface area contributed by atoms with Gasteiger partial charge in [-0.2, -0.15) is 0 Å². The lowest BCUT2D eigenvalue weighted by Crippen LogP contribution is -2.24. The van der Waals surface area contributed by atoms with Crippen LogP contribution >= 0.6 is 11.6 Å². The monoisotopic (exact) mass is 224 g/mol. The van der Waals surface area contributed by atoms with E-state index in [0.29, 0.717) is 11.2 Å². The minimum Gasteiger partial charge on any atom is -0.296 e. The van der Waals surface area contributed by atoms with Crippen molar-refractivity contribution in [2.75, 3.05) is 13.1 Å². The smallest absolute Gasteiger partial charge is 0.133 e. The maximum atomic E-state index is 6.13. The average molecular weight is 225 g/mol. The van der Waals surface area contributed by atoms with Crippen molar-refractivity contribution in [3.8, 4) is 0 Å². The Kier molecular flexibility index (Phi) is 3.60. The molecule has 0 unspecified atom stereocenters. The van der Waals surface area contributed by atoms with Crippen LogP contribution in [0.15, 0.2) is 18.3 Å². The number of halogens is 1. The predicted octanol–water partition coefficient (Wildman–Crippen LogP) is 3.28. The molecule has 2 heterocycles. The van der Waals surface area contributed by atoms with Crippen molar-refractivity contribution in [1.82, 2.24) is 9.88 Å². The van der Waals surface area contributed by atoms with Gasteiger partial charge in [0.1, 0.15) is 5.15 Å². The third-order valence-corrected chi connectivity index (χ3v) is 3.34. The largest absolute Gasteiger partial charge is 0.296 e. The SMILES string of the molecule is CCCN1CCC[C@H]1c1cccnc1Cl. The van der Waals surface area contributed by atoms with Crippen molar-refractivity contribution in [3.05, 3.63) is 29.0 Å². The van der Waals surface area contributed by atoms with Crippen molar-refractivity contribution in [1.29, 1.82) is 0 Å². The minimum absolute atomic E-state index is 0.492. The summed E-state index contributed by atoms with van der Waals surface area (Å²) < 4.78 is 0. The molecule has 3 heteroatoms. The molecule has 1 aliphatic rings. The summed E-state index contributed by atoms with van der Waals surface area (Å²) in [6, 6.07) is 4.57. The minimum atomic E-state index is 0.492. The van der Waals surface area contributed by atoms with E-state index in [1.165, 1.54) is 31.4 Å². The molecule has 0 saturated carbocycles. The molecular formula is C12H17ClN2. The molecule has 82 valence electrons. The van der Waals surface area contributed by atoms with Crippen molar-refractivity contribution in [2.45, 2.75) is 32.2 Å². The number of rotatable bonds is 3. The van der Waals surface area contributed by atoms with Crippen molar-refractivity contribution in [2.24, 2.45) is 0 Å². The molecule has 0 amide bonds. The molecule has 1 aliphatic heterocycles. The lowest BCUT2D eigenvalue weighted by molar-refractivity contribution is 0.257. The van der Waals surface area contributed by atoms with Gasteiger partial charge in [0.05, 0.1) is 0 Å². The summed E-state index contributed by atoms with van der Waals surface area (Å²) in [6.07, 6.45) is 5.45. The van der Waals surface area contributed by atoms with E-state index in [1.54, 1.807) is 6.20 Å². The van der Waals surface area contributed by atoms with Crippen LogP contribution in [0.3, 0.4) is 0 Å². The van der Waals surface area contributed by atoms with Gasteiger partial charge in [-0.15, -0.1) is 0 Å². The van der Waals surface area contributed by atoms with Crippen molar-refractivity contribution in [3.63, 3.8) is 0 Å². The quantitative estimate of drug-likeness (QED) is 0.733. The predicted molar refractivity (Wildman–Crippen MR) is 63.1 cm³/mol. The van der Waals surface area contributed by atoms with Crippen LogP contribution in [0.25, 0.3) is 0 Å². The van der Waals surface area contributed by atoms with Crippen LogP contribution in [0.2, 0.25) is 5.15 Å². The zero-order valence-electron chi connectivity index (χ0n) is 9.12. The summed E-state index contributed by atoms with van der Waals surface area (Å²) in [6.45, 7) is 4.58. The summed E-state index contributed by atoms with van der Waals surface area (Å²) in [7, 11) is 0. The first-order valence-electron chi connectivity index (χ1n) is 5.67. The fraction of sp³-hybridized carbons (Fsp3) is 0.583. The van der Waals surface area contributed by atoms with Crippen LogP contribution in [0.4, 0.5) is 0 Å². The molecular weight excluding hydrogens is 208 g/mol. The molecule has 1 aromatic heterocycles. The molecule has 2 nitrogen and oxygen atoms in total. The Hall–Kier alpha value is -0.600. The van der Waals surface area contributed by atoms with E-state index in [4.69, 9.17) is 11.6 Å². The van der Waals surface area contributed by atoms with Crippen LogP contribution in [0.5, 0.6) is 0 Å². The number of aromatic nitrogens is 1. The Labute approximate surface area is 96.3 Å². The number of likely N-dealkylation sites (tertiary alicyclic amines) is 1. The van der Waals surface area contributed by atoms with Gasteiger partial charge < -0.3 is 0 Å². The maximum Gasteiger partial charge on any atom is 0.133 e. The van der Waals surface area contributed by atoms with E-state index in [9.17, 15) is 0 Å². The second kappa shape index (κ2) is 4.95. The van der Waals surface area contributed by atoms with E-state index in [-0.39, 0.29) is 0 Å². The van der Waals surface area contributed by atoms with Gasteiger partial charge in [-0.05, 0) is 38.4 Å². The molecule has 1 aromatic rings. The highest BCUT2D eigenvalue weighted by Gasteiger charge is 2.26. The highest BCUT2D eigenvalue weighted by Crippen LogP contribution is 2.34. The van der Waals surface area contributed by atoms with Gasteiger partial charge >= 0.3 is 0 Å². The highest BCUT2D eigenvalue weighted by atomic mass is 35.5. The maximum absolute atomic E-state index is 6.13. The Morgan fingerprint density at radius 1 is 1.60 bits per heavy atom. The summed E-state index contributed by atoms with van der Waals surface area (Å²) in [5.41, 5.74) is 1.20. The zero-order valence-corrected chi connectivity index (χ0v) is 9.87. The number of hydrogen-bond acceptors (Lipinski definition) is 2. The van der Waals surface area contributed by atoms with E-state index in [1.807, 2.05) is 6.07 Å². The summed E-state index contributed by atoms with van der Waals surface area (Å²) >= 11 is 6.13. The zero-order chi connectivity index (χ0) is 10.7. The fourth-order valence-corrected chi connectivity index (χ4v) is 2.63. The Bertz CT molecular complexity index is 327. The van der Waals surface area contributed by atoms with Gasteiger partial charge in [0.2, 0.25) is 0 Å². The van der Waals surface area contributed by atoms with Crippen LogP contribution < -0.4 is 0 Å². The molecule has 1 atom stereocenters. The highest BCUT2D eigenvalue weighted by molar-refractivity contribution is 6.30. The molecule has 0 radical (unpaired) electrons. The molecule has 0 bridgehead atoms. The van der Waals surface area contributed by atoms with Crippen LogP contribution in [-0.4, -0.2) is 23.0 Å². The molecule has 0 aromatic carbocycles. The standard InChI is InChI=1S/C12H17ClN2/c1-2-8-15-9-4-6-11(15)10-5-3-7-14-12(10)13/h3,5,7,11H,2,4,6,8-9H2,1H3/t11-/m0/s1. The molecule has 15 heavy (non-hydrogen) atoms. The van der Waals surface area contributed by atoms with Crippen LogP contribution in [0.1, 0.15) is 37.8 Å². The third-order valence-electron chi connectivity index (χ3n) is 3.02. The fourth-order valence-electron chi connectivity index (χ4n) is 2.38. The summed E-state index contributed by atoms with van der Waals surface area (Å²) in [5.74, 6) is 0. The second-order valence-electron chi connectivity index (χ2n) is 4.08. The van der Waals surface area contributed by atoms with E-state index < -0.39 is 0 Å². The Morgan fingerprint density at radius 3 is 3.20 bits per heavy atom. The number of pyridine rings is 1. The van der Waals surface area contributed by atoms with Crippen molar-refractivity contribution < 1.29 is 0 Å². The molecule has 1 saturated heterocycles. The number of nitrogens with zero attached hydrogens (tertiary/aromatic N) is 2. The Morgan fingerprint density at radius 2 is 2.47 bits per heavy atom. The molecule has 0 aliphatic carbocycles. The first-order chi connectivity index (χ1) is 7.33. The second-order valence-corrected chi connectivity index (χ2v) is 4.44. The van der Waals surface area contributed by atoms with Crippen LogP contribution in [0, 0.1) is 0 Å². The Balaban J connectivity index is 2.19. The first-order valence-corrected chi connectivity index (χ1v) is 6.05. The van der Waals surface area contributed by atoms with Gasteiger partial charge in [0, 0.05) is 17.8 Å². The van der Waals surface area contributed by atoms with Gasteiger partial charge in [-0.1, -0.05) is 24.6 Å². The average Bonchev–Trinajstić information content (AvgIpc) is 2.67. The third kappa shape index (κ3) is 2.32. The first kappa shape index (κ1) is 10.9. The van der Waals surface area contributed by atoms with E-state index in [0.717, 1.165) is 6.54 Å². The summed E-state index contributed by atoms with van der Waals surface area (Å²) in [4.78, 5) is 6.67. The molecule has 0 N–H and O–H groups in total. The van der Waals surface area contributed by atoms with Gasteiger partial charge in [0.15, 0.2) is 0 Å². The lowest BCUT2D eigenvalue weighted by atomic mass is 10.1. The van der Waals surface area contributed by atoms with E-state index >= 15 is 0 Å². The molecule has 0 spiro atoms. The lowest BCUT2D eigenvalue weighted by Gasteiger charge is -2.24. The van der Waals surface area contributed by atoms with Gasteiger partial charge in [-0.3, -0.25) is 4.90 Å². The normalized spacial score (nSPS) is 22.1.